The van der Waals surface area contributed by atoms with Gasteiger partial charge >= 0.3 is 5.97 Å². The molecule has 4 rings (SSSR count). The highest BCUT2D eigenvalue weighted by Gasteiger charge is 2.22. The number of rotatable bonds is 7. The summed E-state index contributed by atoms with van der Waals surface area (Å²) in [6.45, 7) is 4.16. The second-order valence-corrected chi connectivity index (χ2v) is 8.39. The van der Waals surface area contributed by atoms with Gasteiger partial charge in [-0.15, -0.1) is 0 Å². The lowest BCUT2D eigenvalue weighted by Crippen LogP contribution is -2.46. The Balaban J connectivity index is 1.34. The maximum absolute atomic E-state index is 11.5. The first kappa shape index (κ1) is 22.4. The number of ether oxygens (including phenoxy) is 1. The molecule has 32 heavy (non-hydrogen) atoms. The van der Waals surface area contributed by atoms with Gasteiger partial charge in [0.05, 0.1) is 0 Å². The summed E-state index contributed by atoms with van der Waals surface area (Å²) in [4.78, 5) is 20.1. The van der Waals surface area contributed by atoms with Crippen LogP contribution in [0.1, 0.15) is 21.5 Å². The predicted octanol–water partition coefficient (Wildman–Crippen LogP) is 4.99. The summed E-state index contributed by atoms with van der Waals surface area (Å²) < 4.78 is 5.93. The minimum Gasteiger partial charge on any atom is -0.489 e. The van der Waals surface area contributed by atoms with Gasteiger partial charge in [-0.3, -0.25) is 4.90 Å². The molecule has 1 fully saturated rings. The van der Waals surface area contributed by atoms with Gasteiger partial charge in [0.1, 0.15) is 23.7 Å². The fourth-order valence-corrected chi connectivity index (χ4v) is 4.26. The molecule has 1 saturated heterocycles. The first-order valence-electron chi connectivity index (χ1n) is 10.3. The molecular weight excluding hydrogens is 449 g/mol. The van der Waals surface area contributed by atoms with Crippen LogP contribution < -0.4 is 9.64 Å². The van der Waals surface area contributed by atoms with Gasteiger partial charge < -0.3 is 14.7 Å². The lowest BCUT2D eigenvalue weighted by molar-refractivity contribution is 0.0697. The highest BCUT2D eigenvalue weighted by molar-refractivity contribution is 6.35. The zero-order valence-corrected chi connectivity index (χ0v) is 18.9. The van der Waals surface area contributed by atoms with Crippen LogP contribution in [0.25, 0.3) is 0 Å². The molecule has 1 N–H and O–H groups in total. The van der Waals surface area contributed by atoms with Gasteiger partial charge in [0.15, 0.2) is 0 Å². The smallest absolute Gasteiger partial charge is 0.339 e. The summed E-state index contributed by atoms with van der Waals surface area (Å²) in [6, 6.07) is 16.6. The van der Waals surface area contributed by atoms with E-state index in [1.54, 1.807) is 30.5 Å². The Kier molecular flexibility index (Phi) is 7.15. The van der Waals surface area contributed by atoms with Crippen LogP contribution in [0.2, 0.25) is 10.0 Å². The van der Waals surface area contributed by atoms with Crippen molar-refractivity contribution in [2.24, 2.45) is 0 Å². The number of benzene rings is 2. The number of hydrogen-bond donors (Lipinski definition) is 1. The van der Waals surface area contributed by atoms with Gasteiger partial charge in [-0.2, -0.15) is 0 Å². The van der Waals surface area contributed by atoms with Crippen molar-refractivity contribution in [3.63, 3.8) is 0 Å². The number of halogens is 2. The van der Waals surface area contributed by atoms with Crippen molar-refractivity contribution in [3.8, 4) is 5.75 Å². The number of carboxylic acids is 1. The maximum atomic E-state index is 11.5. The first-order chi connectivity index (χ1) is 15.5. The average molecular weight is 472 g/mol. The second-order valence-electron chi connectivity index (χ2n) is 7.58. The quantitative estimate of drug-likeness (QED) is 0.523. The van der Waals surface area contributed by atoms with Crippen molar-refractivity contribution in [2.75, 3.05) is 31.1 Å². The minimum absolute atomic E-state index is 0.240. The van der Waals surface area contributed by atoms with Gasteiger partial charge in [-0.1, -0.05) is 41.4 Å². The fourth-order valence-electron chi connectivity index (χ4n) is 3.75. The minimum atomic E-state index is -0.953. The SMILES string of the molecule is O=C(O)c1cccnc1N1CCN(Cc2cccc(OCc3c(Cl)cccc3Cl)c2)CC1. The van der Waals surface area contributed by atoms with Crippen LogP contribution in [0.15, 0.2) is 60.8 Å². The van der Waals surface area contributed by atoms with Crippen LogP contribution >= 0.6 is 23.2 Å². The Bertz CT molecular complexity index is 1080. The Morgan fingerprint density at radius 1 is 1.00 bits per heavy atom. The topological polar surface area (TPSA) is 65.9 Å². The summed E-state index contributed by atoms with van der Waals surface area (Å²) in [5, 5.41) is 10.6. The number of carbonyl (C=O) groups is 1. The number of pyridine rings is 1. The lowest BCUT2D eigenvalue weighted by Gasteiger charge is -2.35. The van der Waals surface area contributed by atoms with Crippen LogP contribution in [0.5, 0.6) is 5.75 Å². The maximum Gasteiger partial charge on any atom is 0.339 e. The third kappa shape index (κ3) is 5.33. The van der Waals surface area contributed by atoms with Crippen LogP contribution in [0, 0.1) is 0 Å². The number of nitrogens with zero attached hydrogens (tertiary/aromatic N) is 3. The van der Waals surface area contributed by atoms with E-state index in [0.29, 0.717) is 22.5 Å². The summed E-state index contributed by atoms with van der Waals surface area (Å²) >= 11 is 12.5. The van der Waals surface area contributed by atoms with Gasteiger partial charge in [0.25, 0.3) is 0 Å². The largest absolute Gasteiger partial charge is 0.489 e. The summed E-state index contributed by atoms with van der Waals surface area (Å²) in [6.07, 6.45) is 1.63. The highest BCUT2D eigenvalue weighted by atomic mass is 35.5. The molecule has 0 unspecified atom stereocenters. The van der Waals surface area contributed by atoms with Gasteiger partial charge in [0.2, 0.25) is 0 Å². The summed E-state index contributed by atoms with van der Waals surface area (Å²) in [7, 11) is 0. The Labute approximate surface area is 197 Å². The van der Waals surface area contributed by atoms with Crippen molar-refractivity contribution in [3.05, 3.63) is 87.5 Å². The highest BCUT2D eigenvalue weighted by Crippen LogP contribution is 2.26. The second kappa shape index (κ2) is 10.2. The molecule has 3 aromatic rings. The van der Waals surface area contributed by atoms with Crippen LogP contribution in [0.4, 0.5) is 5.82 Å². The third-order valence-corrected chi connectivity index (χ3v) is 6.15. The molecule has 0 saturated carbocycles. The van der Waals surface area contributed by atoms with Crippen molar-refractivity contribution in [2.45, 2.75) is 13.2 Å². The molecule has 0 spiro atoms. The van der Waals surface area contributed by atoms with E-state index < -0.39 is 5.97 Å². The van der Waals surface area contributed by atoms with Gasteiger partial charge in [0, 0.05) is 54.5 Å². The number of piperazine rings is 1. The van der Waals surface area contributed by atoms with E-state index in [9.17, 15) is 9.90 Å². The van der Waals surface area contributed by atoms with E-state index in [0.717, 1.165) is 49.6 Å². The van der Waals surface area contributed by atoms with Crippen LogP contribution in [-0.4, -0.2) is 47.1 Å². The van der Waals surface area contributed by atoms with E-state index in [4.69, 9.17) is 27.9 Å². The molecule has 166 valence electrons. The normalized spacial score (nSPS) is 14.4. The molecule has 1 aromatic heterocycles. The number of anilines is 1. The molecule has 0 amide bonds. The van der Waals surface area contributed by atoms with Crippen LogP contribution in [0.3, 0.4) is 0 Å². The Hall–Kier alpha value is -2.80. The summed E-state index contributed by atoms with van der Waals surface area (Å²) in [5.41, 5.74) is 2.15. The van der Waals surface area contributed by atoms with E-state index in [1.165, 1.54) is 0 Å². The van der Waals surface area contributed by atoms with E-state index in [1.807, 2.05) is 29.2 Å². The molecule has 6 nitrogen and oxygen atoms in total. The van der Waals surface area contributed by atoms with E-state index >= 15 is 0 Å². The standard InChI is InChI=1S/C24H23Cl2N3O3/c25-21-7-2-8-22(26)20(21)16-32-18-5-1-4-17(14-18)15-28-10-12-29(13-11-28)23-19(24(30)31)6-3-9-27-23/h1-9,14H,10-13,15-16H2,(H,30,31). The molecule has 2 heterocycles. The van der Waals surface area contributed by atoms with Gasteiger partial charge in [-0.05, 0) is 42.0 Å². The molecule has 1 aliphatic heterocycles. The molecule has 0 aliphatic carbocycles. The van der Waals surface area contributed by atoms with Crippen molar-refractivity contribution in [1.29, 1.82) is 0 Å². The molecule has 8 heteroatoms. The first-order valence-corrected chi connectivity index (χ1v) is 11.1. The predicted molar refractivity (Wildman–Crippen MR) is 126 cm³/mol. The Morgan fingerprint density at radius 2 is 1.72 bits per heavy atom. The monoisotopic (exact) mass is 471 g/mol. The Morgan fingerprint density at radius 3 is 2.44 bits per heavy atom. The third-order valence-electron chi connectivity index (χ3n) is 5.44. The zero-order valence-electron chi connectivity index (χ0n) is 17.4. The average Bonchev–Trinajstić information content (AvgIpc) is 2.79. The van der Waals surface area contributed by atoms with E-state index in [2.05, 4.69) is 16.0 Å². The molecular formula is C24H23Cl2N3O3. The number of carboxylic acid groups (broad SMARTS) is 1. The summed E-state index contributed by atoms with van der Waals surface area (Å²) in [5.74, 6) is 0.343. The van der Waals surface area contributed by atoms with Crippen molar-refractivity contribution >= 4 is 35.0 Å². The lowest BCUT2D eigenvalue weighted by atomic mass is 10.1. The number of aromatic carboxylic acids is 1. The van der Waals surface area contributed by atoms with Gasteiger partial charge in [-0.25, -0.2) is 9.78 Å². The molecule has 0 atom stereocenters. The molecule has 0 bridgehead atoms. The molecule has 1 aliphatic rings. The molecule has 2 aromatic carbocycles. The molecule has 0 radical (unpaired) electrons. The fraction of sp³-hybridized carbons (Fsp3) is 0.250. The van der Waals surface area contributed by atoms with Crippen molar-refractivity contribution in [1.82, 2.24) is 9.88 Å². The zero-order chi connectivity index (χ0) is 22.5. The van der Waals surface area contributed by atoms with E-state index in [-0.39, 0.29) is 5.56 Å². The number of aromatic nitrogens is 1. The van der Waals surface area contributed by atoms with Crippen LogP contribution in [-0.2, 0) is 13.2 Å². The number of hydrogen-bond acceptors (Lipinski definition) is 5. The van der Waals surface area contributed by atoms with Crippen molar-refractivity contribution < 1.29 is 14.6 Å².